The van der Waals surface area contributed by atoms with Gasteiger partial charge in [0.25, 0.3) is 10.0 Å². The van der Waals surface area contributed by atoms with Crippen molar-refractivity contribution in [1.82, 2.24) is 10.0 Å². The van der Waals surface area contributed by atoms with Gasteiger partial charge >= 0.3 is 0 Å². The van der Waals surface area contributed by atoms with E-state index >= 15 is 0 Å². The largest absolute Gasteiger partial charge is 0.354 e. The van der Waals surface area contributed by atoms with E-state index < -0.39 is 16.1 Å². The molecular weight excluding hydrogens is 356 g/mol. The zero-order valence-corrected chi connectivity index (χ0v) is 14.8. The number of hydrogen-bond donors (Lipinski definition) is 2. The third-order valence-electron chi connectivity index (χ3n) is 3.11. The quantitative estimate of drug-likeness (QED) is 0.783. The van der Waals surface area contributed by atoms with Crippen LogP contribution in [0.4, 0.5) is 0 Å². The van der Waals surface area contributed by atoms with Crippen LogP contribution in [0, 0.1) is 0 Å². The van der Waals surface area contributed by atoms with Crippen molar-refractivity contribution in [1.29, 1.82) is 0 Å². The molecule has 2 rings (SSSR count). The fourth-order valence-corrected chi connectivity index (χ4v) is 4.23. The Morgan fingerprint density at radius 1 is 1.26 bits per heavy atom. The molecule has 0 saturated heterocycles. The highest BCUT2D eigenvalue weighted by atomic mass is 35.5. The molecule has 2 aromatic rings. The number of sulfonamides is 1. The molecule has 0 aliphatic carbocycles. The van der Waals surface area contributed by atoms with E-state index in [9.17, 15) is 13.2 Å². The van der Waals surface area contributed by atoms with Gasteiger partial charge < -0.3 is 5.32 Å². The van der Waals surface area contributed by atoms with Crippen LogP contribution in [0.1, 0.15) is 12.5 Å². The molecule has 1 aromatic carbocycles. The smallest absolute Gasteiger partial charge is 0.250 e. The van der Waals surface area contributed by atoms with Crippen LogP contribution in [0.5, 0.6) is 0 Å². The molecular formula is C15H17ClN2O3S2. The summed E-state index contributed by atoms with van der Waals surface area (Å²) in [6.45, 7) is 1.94. The van der Waals surface area contributed by atoms with E-state index in [2.05, 4.69) is 10.0 Å². The van der Waals surface area contributed by atoms with Crippen molar-refractivity contribution in [2.75, 3.05) is 6.54 Å². The summed E-state index contributed by atoms with van der Waals surface area (Å²) in [6, 6.07) is 9.66. The Morgan fingerprint density at radius 2 is 1.96 bits per heavy atom. The summed E-state index contributed by atoms with van der Waals surface area (Å²) in [5, 5.41) is 5.05. The van der Waals surface area contributed by atoms with E-state index in [1.807, 2.05) is 12.1 Å². The molecule has 1 heterocycles. The summed E-state index contributed by atoms with van der Waals surface area (Å²) in [5.41, 5.74) is 1.04. The van der Waals surface area contributed by atoms with Gasteiger partial charge in [-0.3, -0.25) is 4.79 Å². The molecule has 0 aliphatic heterocycles. The van der Waals surface area contributed by atoms with Crippen molar-refractivity contribution in [3.05, 3.63) is 52.4 Å². The van der Waals surface area contributed by atoms with Crippen LogP contribution >= 0.6 is 22.9 Å². The number of hydrogen-bond acceptors (Lipinski definition) is 4. The Hall–Kier alpha value is -1.41. The second-order valence-corrected chi connectivity index (χ2v) is 8.27. The van der Waals surface area contributed by atoms with E-state index in [0.717, 1.165) is 16.9 Å². The summed E-state index contributed by atoms with van der Waals surface area (Å²) in [5.74, 6) is -0.362. The average Bonchev–Trinajstić information content (AvgIpc) is 3.04. The molecule has 0 aliphatic rings. The monoisotopic (exact) mass is 372 g/mol. The van der Waals surface area contributed by atoms with Crippen LogP contribution in [-0.4, -0.2) is 26.9 Å². The second kappa shape index (κ2) is 7.92. The topological polar surface area (TPSA) is 75.3 Å². The number of carbonyl (C=O) groups excluding carboxylic acids is 1. The van der Waals surface area contributed by atoms with Gasteiger partial charge in [-0.1, -0.05) is 29.8 Å². The Morgan fingerprint density at radius 3 is 2.57 bits per heavy atom. The summed E-state index contributed by atoms with van der Waals surface area (Å²) >= 11 is 6.91. The van der Waals surface area contributed by atoms with Crippen molar-refractivity contribution in [2.45, 2.75) is 23.6 Å². The molecule has 23 heavy (non-hydrogen) atoms. The number of nitrogens with one attached hydrogen (secondary N) is 2. The highest BCUT2D eigenvalue weighted by molar-refractivity contribution is 7.91. The molecule has 8 heteroatoms. The number of halogens is 1. The maximum atomic E-state index is 12.0. The van der Waals surface area contributed by atoms with Crippen LogP contribution in [0.2, 0.25) is 5.02 Å². The Balaban J connectivity index is 1.82. The lowest BCUT2D eigenvalue weighted by atomic mass is 10.1. The summed E-state index contributed by atoms with van der Waals surface area (Å²) in [4.78, 5) is 12.0. The molecule has 0 saturated carbocycles. The van der Waals surface area contributed by atoms with E-state index in [1.165, 1.54) is 13.0 Å². The van der Waals surface area contributed by atoms with Crippen LogP contribution in [-0.2, 0) is 21.2 Å². The first-order valence-electron chi connectivity index (χ1n) is 6.96. The van der Waals surface area contributed by atoms with Crippen molar-refractivity contribution in [3.8, 4) is 0 Å². The first kappa shape index (κ1) is 17.9. The lowest BCUT2D eigenvalue weighted by Gasteiger charge is -2.13. The predicted molar refractivity (Wildman–Crippen MR) is 92.3 cm³/mol. The first-order valence-corrected chi connectivity index (χ1v) is 9.70. The fraction of sp³-hybridized carbons (Fsp3) is 0.267. The Bertz CT molecular complexity index is 744. The zero-order chi connectivity index (χ0) is 16.9. The standard InChI is InChI=1S/C15H17ClN2O3S2/c1-11(18-23(20,21)14-3-2-10-22-14)15(19)17-9-8-12-4-6-13(16)7-5-12/h2-7,10-11,18H,8-9H2,1H3,(H,17,19). The number of benzene rings is 1. The number of thiophene rings is 1. The highest BCUT2D eigenvalue weighted by Gasteiger charge is 2.22. The molecule has 0 spiro atoms. The van der Waals surface area contributed by atoms with Crippen LogP contribution in [0.15, 0.2) is 46.0 Å². The Kier molecular flexibility index (Phi) is 6.17. The van der Waals surface area contributed by atoms with Gasteiger partial charge in [-0.25, -0.2) is 8.42 Å². The molecule has 2 N–H and O–H groups in total. The predicted octanol–water partition coefficient (Wildman–Crippen LogP) is 2.43. The minimum atomic E-state index is -3.65. The maximum absolute atomic E-state index is 12.0. The SMILES string of the molecule is CC(NS(=O)(=O)c1cccs1)C(=O)NCCc1ccc(Cl)cc1. The molecule has 0 bridgehead atoms. The van der Waals surface area contributed by atoms with Crippen LogP contribution < -0.4 is 10.0 Å². The zero-order valence-electron chi connectivity index (χ0n) is 12.5. The van der Waals surface area contributed by atoms with Crippen molar-refractivity contribution < 1.29 is 13.2 Å². The fourth-order valence-electron chi connectivity index (χ4n) is 1.89. The minimum Gasteiger partial charge on any atom is -0.354 e. The van der Waals surface area contributed by atoms with Gasteiger partial charge in [0.15, 0.2) is 0 Å². The van der Waals surface area contributed by atoms with Gasteiger partial charge in [0.05, 0.1) is 6.04 Å². The second-order valence-electron chi connectivity index (χ2n) is 4.94. The van der Waals surface area contributed by atoms with Gasteiger partial charge in [0, 0.05) is 11.6 Å². The third kappa shape index (κ3) is 5.31. The molecule has 1 amide bonds. The van der Waals surface area contributed by atoms with Gasteiger partial charge in [-0.2, -0.15) is 4.72 Å². The van der Waals surface area contributed by atoms with E-state index in [0.29, 0.717) is 18.0 Å². The van der Waals surface area contributed by atoms with Crippen LogP contribution in [0.3, 0.4) is 0 Å². The van der Waals surface area contributed by atoms with Crippen LogP contribution in [0.25, 0.3) is 0 Å². The van der Waals surface area contributed by atoms with E-state index in [1.54, 1.807) is 23.6 Å². The molecule has 0 radical (unpaired) electrons. The Labute approximate surface area is 144 Å². The lowest BCUT2D eigenvalue weighted by Crippen LogP contribution is -2.45. The molecule has 1 atom stereocenters. The minimum absolute atomic E-state index is 0.193. The van der Waals surface area contributed by atoms with Gasteiger partial charge in [0.1, 0.15) is 4.21 Å². The van der Waals surface area contributed by atoms with Gasteiger partial charge in [-0.15, -0.1) is 11.3 Å². The maximum Gasteiger partial charge on any atom is 0.250 e. The van der Waals surface area contributed by atoms with Crippen molar-refractivity contribution in [3.63, 3.8) is 0 Å². The number of amides is 1. The molecule has 1 aromatic heterocycles. The highest BCUT2D eigenvalue weighted by Crippen LogP contribution is 2.15. The van der Waals surface area contributed by atoms with E-state index in [-0.39, 0.29) is 10.1 Å². The van der Waals surface area contributed by atoms with E-state index in [4.69, 9.17) is 11.6 Å². The van der Waals surface area contributed by atoms with Crippen molar-refractivity contribution in [2.24, 2.45) is 0 Å². The van der Waals surface area contributed by atoms with Gasteiger partial charge in [0.2, 0.25) is 5.91 Å². The van der Waals surface area contributed by atoms with Gasteiger partial charge in [-0.05, 0) is 42.5 Å². The average molecular weight is 373 g/mol. The molecule has 5 nitrogen and oxygen atoms in total. The summed E-state index contributed by atoms with van der Waals surface area (Å²) < 4.78 is 26.6. The number of rotatable bonds is 7. The van der Waals surface area contributed by atoms with Crippen molar-refractivity contribution >= 4 is 38.9 Å². The lowest BCUT2D eigenvalue weighted by molar-refractivity contribution is -0.122. The number of carbonyl (C=O) groups is 1. The third-order valence-corrected chi connectivity index (χ3v) is 6.30. The summed E-state index contributed by atoms with van der Waals surface area (Å²) in [7, 11) is -3.65. The first-order chi connectivity index (χ1) is 10.9. The molecule has 0 fully saturated rings. The summed E-state index contributed by atoms with van der Waals surface area (Å²) in [6.07, 6.45) is 0.646. The molecule has 1 unspecified atom stereocenters. The normalized spacial score (nSPS) is 12.8. The molecule has 124 valence electrons.